The molecule has 0 aromatic carbocycles. The van der Waals surface area contributed by atoms with E-state index in [-0.39, 0.29) is 6.03 Å². The number of nitrogens with one attached hydrogen (secondary N) is 1. The predicted molar refractivity (Wildman–Crippen MR) is 49.2 cm³/mol. The third kappa shape index (κ3) is 1.47. The molecule has 1 atom stereocenters. The van der Waals surface area contributed by atoms with Crippen molar-refractivity contribution >= 4 is 6.03 Å². The second-order valence-electron chi connectivity index (χ2n) is 3.47. The highest BCUT2D eigenvalue weighted by molar-refractivity contribution is 5.77. The van der Waals surface area contributed by atoms with Gasteiger partial charge >= 0.3 is 6.03 Å². The molecule has 2 aliphatic rings. The number of carbonyl (C=O) groups is 1. The number of nitrogens with zero attached hydrogens (tertiary/aromatic N) is 2. The van der Waals surface area contributed by atoms with E-state index in [0.717, 1.165) is 26.2 Å². The molecular formula is C9H13N3O. The largest absolute Gasteiger partial charge is 0.336 e. The number of hydrogen-bond donors (Lipinski definition) is 1. The fraction of sp³-hybridized carbons (Fsp3) is 0.667. The molecule has 1 unspecified atom stereocenters. The van der Waals surface area contributed by atoms with Crippen molar-refractivity contribution < 1.29 is 4.79 Å². The lowest BCUT2D eigenvalue weighted by atomic mass is 10.2. The Morgan fingerprint density at radius 1 is 1.62 bits per heavy atom. The van der Waals surface area contributed by atoms with E-state index in [1.807, 2.05) is 4.90 Å². The molecule has 4 heteroatoms. The molecule has 0 radical (unpaired) electrons. The van der Waals surface area contributed by atoms with Crippen molar-refractivity contribution in [2.75, 3.05) is 32.7 Å². The van der Waals surface area contributed by atoms with Gasteiger partial charge < -0.3 is 10.2 Å². The van der Waals surface area contributed by atoms with Crippen LogP contribution in [0.1, 0.15) is 0 Å². The first-order valence-electron chi connectivity index (χ1n) is 4.51. The maximum absolute atomic E-state index is 11.2. The Morgan fingerprint density at radius 3 is 3.23 bits per heavy atom. The van der Waals surface area contributed by atoms with Crippen LogP contribution in [0.3, 0.4) is 0 Å². The molecule has 0 aromatic rings. The van der Waals surface area contributed by atoms with Crippen LogP contribution in [-0.2, 0) is 0 Å². The molecule has 2 fully saturated rings. The van der Waals surface area contributed by atoms with Gasteiger partial charge in [0.1, 0.15) is 0 Å². The van der Waals surface area contributed by atoms with Gasteiger partial charge in [-0.1, -0.05) is 5.92 Å². The summed E-state index contributed by atoms with van der Waals surface area (Å²) in [5.41, 5.74) is 0. The molecule has 0 spiro atoms. The van der Waals surface area contributed by atoms with Crippen LogP contribution in [0.25, 0.3) is 0 Å². The fourth-order valence-corrected chi connectivity index (χ4v) is 1.94. The summed E-state index contributed by atoms with van der Waals surface area (Å²) in [6.07, 6.45) is 5.24. The number of fused-ring (bicyclic) bond motifs is 1. The lowest BCUT2D eigenvalue weighted by Crippen LogP contribution is -2.51. The Kier molecular flexibility index (Phi) is 2.11. The Hall–Kier alpha value is -1.21. The Bertz CT molecular complexity index is 258. The average Bonchev–Trinajstić information content (AvgIpc) is 2.48. The Balaban J connectivity index is 1.96. The highest BCUT2D eigenvalue weighted by Gasteiger charge is 2.34. The van der Waals surface area contributed by atoms with Crippen molar-refractivity contribution in [1.82, 2.24) is 15.1 Å². The smallest absolute Gasteiger partial charge is 0.317 e. The molecule has 2 saturated heterocycles. The van der Waals surface area contributed by atoms with E-state index in [9.17, 15) is 4.79 Å². The van der Waals surface area contributed by atoms with Crippen molar-refractivity contribution in [3.05, 3.63) is 0 Å². The van der Waals surface area contributed by atoms with E-state index in [1.54, 1.807) is 0 Å². The molecule has 0 aliphatic carbocycles. The molecule has 4 nitrogen and oxygen atoms in total. The third-order valence-corrected chi connectivity index (χ3v) is 2.63. The first kappa shape index (κ1) is 8.39. The Labute approximate surface area is 77.9 Å². The minimum Gasteiger partial charge on any atom is -0.336 e. The van der Waals surface area contributed by atoms with E-state index >= 15 is 0 Å². The summed E-state index contributed by atoms with van der Waals surface area (Å²) in [6, 6.07) is 0.403. The zero-order valence-electron chi connectivity index (χ0n) is 7.49. The van der Waals surface area contributed by atoms with Crippen molar-refractivity contribution in [3.8, 4) is 12.3 Å². The summed E-state index contributed by atoms with van der Waals surface area (Å²) in [6.45, 7) is 4.06. The first-order chi connectivity index (χ1) is 6.31. The van der Waals surface area contributed by atoms with E-state index in [2.05, 4.69) is 16.1 Å². The second-order valence-corrected chi connectivity index (χ2v) is 3.47. The summed E-state index contributed by atoms with van der Waals surface area (Å²) >= 11 is 0. The number of hydrogen-bond acceptors (Lipinski definition) is 2. The lowest BCUT2D eigenvalue weighted by molar-refractivity contribution is 0.131. The molecule has 2 rings (SSSR count). The SMILES string of the molecule is C#CCN1CCN2C(=O)NCC2C1. The molecule has 13 heavy (non-hydrogen) atoms. The van der Waals surface area contributed by atoms with Crippen LogP contribution in [-0.4, -0.2) is 54.6 Å². The number of carbonyl (C=O) groups excluding carboxylic acids is 1. The van der Waals surface area contributed by atoms with E-state index in [0.29, 0.717) is 12.6 Å². The van der Waals surface area contributed by atoms with Crippen LogP contribution in [0.2, 0.25) is 0 Å². The molecule has 0 bridgehead atoms. The number of rotatable bonds is 1. The minimum absolute atomic E-state index is 0.0744. The van der Waals surface area contributed by atoms with Crippen LogP contribution >= 0.6 is 0 Å². The van der Waals surface area contributed by atoms with Gasteiger partial charge in [-0.05, 0) is 0 Å². The summed E-state index contributed by atoms with van der Waals surface area (Å²) in [5, 5.41) is 2.83. The van der Waals surface area contributed by atoms with Crippen LogP contribution in [0.4, 0.5) is 4.79 Å². The van der Waals surface area contributed by atoms with Crippen molar-refractivity contribution in [2.24, 2.45) is 0 Å². The van der Waals surface area contributed by atoms with Gasteiger partial charge in [0.25, 0.3) is 0 Å². The number of amides is 2. The van der Waals surface area contributed by atoms with Crippen molar-refractivity contribution in [3.63, 3.8) is 0 Å². The van der Waals surface area contributed by atoms with Gasteiger partial charge in [0, 0.05) is 26.2 Å². The summed E-state index contributed by atoms with van der Waals surface area (Å²) in [5.74, 6) is 2.63. The fourth-order valence-electron chi connectivity index (χ4n) is 1.94. The van der Waals surface area contributed by atoms with Gasteiger partial charge in [-0.2, -0.15) is 0 Å². The maximum atomic E-state index is 11.2. The van der Waals surface area contributed by atoms with Crippen LogP contribution in [0.15, 0.2) is 0 Å². The molecule has 0 saturated carbocycles. The summed E-state index contributed by atoms with van der Waals surface area (Å²) < 4.78 is 0. The standard InChI is InChI=1S/C9H13N3O/c1-2-3-11-4-5-12-8(7-11)6-10-9(12)13/h1,8H,3-7H2,(H,10,13). The average molecular weight is 179 g/mol. The normalized spacial score (nSPS) is 28.1. The second kappa shape index (κ2) is 3.27. The first-order valence-corrected chi connectivity index (χ1v) is 4.51. The van der Waals surface area contributed by atoms with Crippen molar-refractivity contribution in [2.45, 2.75) is 6.04 Å². The summed E-state index contributed by atoms with van der Waals surface area (Å²) in [4.78, 5) is 15.3. The van der Waals surface area contributed by atoms with Gasteiger partial charge in [-0.25, -0.2) is 4.79 Å². The molecule has 1 N–H and O–H groups in total. The Morgan fingerprint density at radius 2 is 2.46 bits per heavy atom. The highest BCUT2D eigenvalue weighted by atomic mass is 16.2. The monoisotopic (exact) mass is 179 g/mol. The zero-order valence-corrected chi connectivity index (χ0v) is 7.49. The van der Waals surface area contributed by atoms with Crippen LogP contribution < -0.4 is 5.32 Å². The van der Waals surface area contributed by atoms with Crippen LogP contribution in [0.5, 0.6) is 0 Å². The van der Waals surface area contributed by atoms with E-state index < -0.39 is 0 Å². The van der Waals surface area contributed by atoms with Gasteiger partial charge in [-0.3, -0.25) is 4.90 Å². The van der Waals surface area contributed by atoms with Gasteiger partial charge in [0.2, 0.25) is 0 Å². The van der Waals surface area contributed by atoms with Crippen LogP contribution in [0, 0.1) is 12.3 Å². The molecule has 2 aliphatic heterocycles. The summed E-state index contributed by atoms with van der Waals surface area (Å²) in [7, 11) is 0. The number of terminal acetylenes is 1. The van der Waals surface area contributed by atoms with Gasteiger partial charge in [-0.15, -0.1) is 6.42 Å². The van der Waals surface area contributed by atoms with Gasteiger partial charge in [0.05, 0.1) is 12.6 Å². The number of piperazine rings is 1. The maximum Gasteiger partial charge on any atom is 0.317 e. The lowest BCUT2D eigenvalue weighted by Gasteiger charge is -2.35. The topological polar surface area (TPSA) is 35.6 Å². The molecule has 2 amide bonds. The molecule has 2 heterocycles. The minimum atomic E-state index is 0.0744. The third-order valence-electron chi connectivity index (χ3n) is 2.63. The quantitative estimate of drug-likeness (QED) is 0.542. The number of urea groups is 1. The molecule has 70 valence electrons. The van der Waals surface area contributed by atoms with Gasteiger partial charge in [0.15, 0.2) is 0 Å². The zero-order chi connectivity index (χ0) is 9.26. The highest BCUT2D eigenvalue weighted by Crippen LogP contribution is 2.13. The molecular weight excluding hydrogens is 166 g/mol. The van der Waals surface area contributed by atoms with Crippen molar-refractivity contribution in [1.29, 1.82) is 0 Å². The van der Waals surface area contributed by atoms with E-state index in [4.69, 9.17) is 6.42 Å². The van der Waals surface area contributed by atoms with E-state index in [1.165, 1.54) is 0 Å². The predicted octanol–water partition coefficient (Wildman–Crippen LogP) is -0.671. The molecule has 0 aromatic heterocycles.